The number of thioether (sulfide) groups is 1. The van der Waals surface area contributed by atoms with Crippen molar-refractivity contribution in [2.75, 3.05) is 42.6 Å². The predicted octanol–water partition coefficient (Wildman–Crippen LogP) is 2.53. The van der Waals surface area contributed by atoms with Gasteiger partial charge in [0.2, 0.25) is 11.7 Å². The molecule has 0 saturated carbocycles. The first-order valence-corrected chi connectivity index (χ1v) is 9.29. The van der Waals surface area contributed by atoms with Crippen molar-refractivity contribution >= 4 is 17.6 Å². The molecular weight excluding hydrogens is 310 g/mol. The van der Waals surface area contributed by atoms with Gasteiger partial charge in [0.15, 0.2) is 0 Å². The zero-order chi connectivity index (χ0) is 16.1. The molecule has 0 aromatic carbocycles. The number of rotatable bonds is 6. The van der Waals surface area contributed by atoms with Crippen LogP contribution in [0.1, 0.15) is 19.7 Å². The van der Waals surface area contributed by atoms with Crippen molar-refractivity contribution in [1.29, 1.82) is 0 Å². The fraction of sp³-hybridized carbons (Fsp3) is 0.562. The molecule has 23 heavy (non-hydrogen) atoms. The van der Waals surface area contributed by atoms with Gasteiger partial charge in [0.1, 0.15) is 5.82 Å². The van der Waals surface area contributed by atoms with E-state index in [1.165, 1.54) is 11.5 Å². The summed E-state index contributed by atoms with van der Waals surface area (Å²) in [7, 11) is 0. The van der Waals surface area contributed by atoms with Gasteiger partial charge in [0.25, 0.3) is 0 Å². The van der Waals surface area contributed by atoms with Gasteiger partial charge in [-0.3, -0.25) is 4.90 Å². The molecular formula is C16H23N5OS. The summed E-state index contributed by atoms with van der Waals surface area (Å²) in [4.78, 5) is 13.6. The zero-order valence-corrected chi connectivity index (χ0v) is 14.6. The van der Waals surface area contributed by atoms with Crippen molar-refractivity contribution in [2.24, 2.45) is 0 Å². The summed E-state index contributed by atoms with van der Waals surface area (Å²) in [5.41, 5.74) is 0.894. The Balaban J connectivity index is 1.67. The average molecular weight is 333 g/mol. The molecule has 0 spiro atoms. The zero-order valence-electron chi connectivity index (χ0n) is 13.7. The van der Waals surface area contributed by atoms with Crippen LogP contribution in [0.25, 0.3) is 11.4 Å². The van der Waals surface area contributed by atoms with E-state index in [1.54, 1.807) is 0 Å². The molecule has 7 heteroatoms. The van der Waals surface area contributed by atoms with Gasteiger partial charge >= 0.3 is 0 Å². The van der Waals surface area contributed by atoms with Gasteiger partial charge in [-0.15, -0.1) is 0 Å². The molecule has 1 aliphatic rings. The lowest BCUT2D eigenvalue weighted by atomic mass is 10.2. The number of anilines is 1. The van der Waals surface area contributed by atoms with Crippen LogP contribution in [-0.4, -0.2) is 57.7 Å². The second kappa shape index (κ2) is 7.79. The van der Waals surface area contributed by atoms with Crippen LogP contribution < -0.4 is 4.90 Å². The molecule has 0 aliphatic carbocycles. The van der Waals surface area contributed by atoms with Gasteiger partial charge in [-0.1, -0.05) is 5.16 Å². The van der Waals surface area contributed by atoms with Crippen LogP contribution in [0.2, 0.25) is 0 Å². The SMILES string of the molecule is CCN(CC)c1ccc(-c2noc(CN3CCSCC3)n2)cn1. The Morgan fingerprint density at radius 3 is 2.65 bits per heavy atom. The molecule has 0 unspecified atom stereocenters. The predicted molar refractivity (Wildman–Crippen MR) is 93.7 cm³/mol. The highest BCUT2D eigenvalue weighted by atomic mass is 32.2. The first-order valence-electron chi connectivity index (χ1n) is 8.14. The second-order valence-electron chi connectivity index (χ2n) is 5.48. The normalized spacial score (nSPS) is 15.7. The van der Waals surface area contributed by atoms with Crippen LogP contribution in [0.5, 0.6) is 0 Å². The molecule has 0 N–H and O–H groups in total. The van der Waals surface area contributed by atoms with Gasteiger partial charge < -0.3 is 9.42 Å². The molecule has 1 fully saturated rings. The lowest BCUT2D eigenvalue weighted by molar-refractivity contribution is 0.245. The van der Waals surface area contributed by atoms with Crippen LogP contribution >= 0.6 is 11.8 Å². The fourth-order valence-electron chi connectivity index (χ4n) is 2.64. The van der Waals surface area contributed by atoms with Gasteiger partial charge in [0, 0.05) is 49.4 Å². The minimum atomic E-state index is 0.616. The summed E-state index contributed by atoms with van der Waals surface area (Å²) in [5, 5.41) is 4.10. The molecule has 1 saturated heterocycles. The quantitative estimate of drug-likeness (QED) is 0.805. The molecule has 0 amide bonds. The van der Waals surface area contributed by atoms with E-state index in [0.717, 1.165) is 44.1 Å². The fourth-order valence-corrected chi connectivity index (χ4v) is 3.62. The number of nitrogens with zero attached hydrogens (tertiary/aromatic N) is 5. The molecule has 0 radical (unpaired) electrons. The van der Waals surface area contributed by atoms with Crippen molar-refractivity contribution in [3.63, 3.8) is 0 Å². The first-order chi connectivity index (χ1) is 11.3. The molecule has 0 atom stereocenters. The van der Waals surface area contributed by atoms with Crippen molar-refractivity contribution in [3.8, 4) is 11.4 Å². The average Bonchev–Trinajstić information content (AvgIpc) is 3.06. The lowest BCUT2D eigenvalue weighted by Crippen LogP contribution is -2.32. The minimum Gasteiger partial charge on any atom is -0.357 e. The first kappa shape index (κ1) is 16.3. The molecule has 2 aromatic heterocycles. The van der Waals surface area contributed by atoms with E-state index in [9.17, 15) is 0 Å². The summed E-state index contributed by atoms with van der Waals surface area (Å²) in [6, 6.07) is 4.02. The Kier molecular flexibility index (Phi) is 5.51. The largest absolute Gasteiger partial charge is 0.357 e. The topological polar surface area (TPSA) is 58.3 Å². The Labute approximate surface area is 141 Å². The smallest absolute Gasteiger partial charge is 0.241 e. The van der Waals surface area contributed by atoms with E-state index in [0.29, 0.717) is 11.7 Å². The molecule has 0 bridgehead atoms. The van der Waals surface area contributed by atoms with Crippen molar-refractivity contribution in [2.45, 2.75) is 20.4 Å². The maximum absolute atomic E-state index is 5.39. The van der Waals surface area contributed by atoms with Crippen LogP contribution in [0, 0.1) is 0 Å². The third-order valence-electron chi connectivity index (χ3n) is 4.02. The molecule has 2 aromatic rings. The molecule has 124 valence electrons. The molecule has 3 heterocycles. The van der Waals surface area contributed by atoms with E-state index in [1.807, 2.05) is 30.1 Å². The van der Waals surface area contributed by atoms with E-state index in [2.05, 4.69) is 38.8 Å². The van der Waals surface area contributed by atoms with E-state index >= 15 is 0 Å². The Bertz CT molecular complexity index is 605. The highest BCUT2D eigenvalue weighted by molar-refractivity contribution is 7.99. The highest BCUT2D eigenvalue weighted by Gasteiger charge is 2.16. The third-order valence-corrected chi connectivity index (χ3v) is 4.97. The van der Waals surface area contributed by atoms with Crippen LogP contribution in [0.3, 0.4) is 0 Å². The van der Waals surface area contributed by atoms with Crippen molar-refractivity contribution in [3.05, 3.63) is 24.2 Å². The van der Waals surface area contributed by atoms with E-state index < -0.39 is 0 Å². The van der Waals surface area contributed by atoms with Gasteiger partial charge in [-0.05, 0) is 26.0 Å². The Morgan fingerprint density at radius 2 is 2.00 bits per heavy atom. The third kappa shape index (κ3) is 4.03. The summed E-state index contributed by atoms with van der Waals surface area (Å²) in [6.07, 6.45) is 1.82. The number of aromatic nitrogens is 3. The standard InChI is InChI=1S/C16H23N5OS/c1-3-21(4-2)14-6-5-13(11-17-14)16-18-15(22-19-16)12-20-7-9-23-10-8-20/h5-6,11H,3-4,7-10,12H2,1-2H3. The Morgan fingerprint density at radius 1 is 1.22 bits per heavy atom. The number of pyridine rings is 1. The van der Waals surface area contributed by atoms with Crippen LogP contribution in [0.4, 0.5) is 5.82 Å². The van der Waals surface area contributed by atoms with Crippen molar-refractivity contribution in [1.82, 2.24) is 20.0 Å². The summed E-state index contributed by atoms with van der Waals surface area (Å²) in [6.45, 7) is 9.06. The summed E-state index contributed by atoms with van der Waals surface area (Å²) < 4.78 is 5.39. The maximum atomic E-state index is 5.39. The number of hydrogen-bond acceptors (Lipinski definition) is 7. The van der Waals surface area contributed by atoms with Crippen LogP contribution in [0.15, 0.2) is 22.9 Å². The summed E-state index contributed by atoms with van der Waals surface area (Å²) >= 11 is 2.00. The minimum absolute atomic E-state index is 0.616. The molecule has 3 rings (SSSR count). The van der Waals surface area contributed by atoms with Crippen molar-refractivity contribution < 1.29 is 4.52 Å². The van der Waals surface area contributed by atoms with E-state index in [4.69, 9.17) is 4.52 Å². The summed E-state index contributed by atoms with van der Waals surface area (Å²) in [5.74, 6) is 4.63. The maximum Gasteiger partial charge on any atom is 0.241 e. The van der Waals surface area contributed by atoms with Crippen LogP contribution in [-0.2, 0) is 6.54 Å². The second-order valence-corrected chi connectivity index (χ2v) is 6.70. The lowest BCUT2D eigenvalue weighted by Gasteiger charge is -2.24. The highest BCUT2D eigenvalue weighted by Crippen LogP contribution is 2.19. The molecule has 1 aliphatic heterocycles. The number of hydrogen-bond donors (Lipinski definition) is 0. The Hall–Kier alpha value is -1.60. The van der Waals surface area contributed by atoms with E-state index in [-0.39, 0.29) is 0 Å². The molecule has 6 nitrogen and oxygen atoms in total. The monoisotopic (exact) mass is 333 g/mol. The van der Waals surface area contributed by atoms with Gasteiger partial charge in [-0.25, -0.2) is 4.98 Å². The van der Waals surface area contributed by atoms with Gasteiger partial charge in [-0.2, -0.15) is 16.7 Å². The van der Waals surface area contributed by atoms with Gasteiger partial charge in [0.05, 0.1) is 6.54 Å².